The predicted molar refractivity (Wildman–Crippen MR) is 112 cm³/mol. The van der Waals surface area contributed by atoms with Gasteiger partial charge in [0.25, 0.3) is 11.6 Å². The molecule has 0 N–H and O–H groups in total. The average Bonchev–Trinajstić information content (AvgIpc) is 3.18. The molecule has 0 bridgehead atoms. The molecule has 0 spiro atoms. The van der Waals surface area contributed by atoms with Gasteiger partial charge in [-0.2, -0.15) is 0 Å². The third-order valence-electron chi connectivity index (χ3n) is 4.08. The van der Waals surface area contributed by atoms with Crippen LogP contribution in [0.15, 0.2) is 34.9 Å². The van der Waals surface area contributed by atoms with Crippen molar-refractivity contribution in [1.82, 2.24) is 15.0 Å². The summed E-state index contributed by atoms with van der Waals surface area (Å²) in [5.74, 6) is 0.405. The molecule has 1 aromatic carbocycles. The number of hydrogen-bond acceptors (Lipinski definition) is 7. The highest BCUT2D eigenvalue weighted by atomic mass is 35.5. The normalized spacial score (nSPS) is 9.90. The topological polar surface area (TPSA) is 119 Å². The summed E-state index contributed by atoms with van der Waals surface area (Å²) in [6, 6.07) is 7.25. The smallest absolute Gasteiger partial charge is 0.388 e. The summed E-state index contributed by atoms with van der Waals surface area (Å²) in [7, 11) is 0. The number of amides is 2. The molecule has 0 atom stereocenters. The van der Waals surface area contributed by atoms with Gasteiger partial charge in [-0.15, -0.1) is 0 Å². The van der Waals surface area contributed by atoms with Crippen molar-refractivity contribution in [1.29, 1.82) is 0 Å². The van der Waals surface area contributed by atoms with Gasteiger partial charge in [0.15, 0.2) is 5.76 Å². The quantitative estimate of drug-likeness (QED) is 0.263. The fraction of sp³-hybridized carbons (Fsp3) is 0.421. The Hall–Kier alpha value is -3.14. The first-order valence-corrected chi connectivity index (χ1v) is 9.77. The third kappa shape index (κ3) is 7.36. The highest BCUT2D eigenvalue weighted by Gasteiger charge is 2.16. The van der Waals surface area contributed by atoms with E-state index in [-0.39, 0.29) is 16.9 Å². The molecule has 0 saturated carbocycles. The molecule has 30 heavy (non-hydrogen) atoms. The Kier molecular flexibility index (Phi) is 10.3. The first-order chi connectivity index (χ1) is 14.3. The molecule has 11 heteroatoms. The van der Waals surface area contributed by atoms with Gasteiger partial charge in [-0.3, -0.25) is 14.9 Å². The van der Waals surface area contributed by atoms with Crippen molar-refractivity contribution < 1.29 is 23.8 Å². The fourth-order valence-corrected chi connectivity index (χ4v) is 2.54. The molecule has 0 aliphatic rings. The Labute approximate surface area is 179 Å². The van der Waals surface area contributed by atoms with Gasteiger partial charge < -0.3 is 19.1 Å². The molecule has 2 aromatic rings. The van der Waals surface area contributed by atoms with Gasteiger partial charge in [0.1, 0.15) is 0 Å². The molecule has 0 saturated heterocycles. The summed E-state index contributed by atoms with van der Waals surface area (Å²) in [4.78, 5) is 35.2. The molecule has 0 radical (unpaired) electrons. The lowest BCUT2D eigenvalue weighted by Gasteiger charge is -2.16. The van der Waals surface area contributed by atoms with Gasteiger partial charge in [-0.05, 0) is 56.6 Å². The maximum Gasteiger partial charge on any atom is 0.416 e. The number of halogens is 1. The Morgan fingerprint density at radius 1 is 1.07 bits per heavy atom. The number of hydrogen-bond donors (Lipinski definition) is 0. The van der Waals surface area contributed by atoms with Gasteiger partial charge in [0, 0.05) is 43.9 Å². The van der Waals surface area contributed by atoms with E-state index >= 15 is 0 Å². The van der Waals surface area contributed by atoms with Crippen molar-refractivity contribution in [3.63, 3.8) is 0 Å². The average molecular weight is 441 g/mol. The molecular formula is C19H25ClN4O6. The Balaban J connectivity index is 0.000000479. The van der Waals surface area contributed by atoms with E-state index < -0.39 is 11.0 Å². The highest BCUT2D eigenvalue weighted by molar-refractivity contribution is 6.62. The van der Waals surface area contributed by atoms with E-state index in [1.807, 2.05) is 27.7 Å². The standard InChI is InChI=1S/C14H15N3O5.C5H10ClNO/c1-3-16(4-2)14(18)21-13-9-12(22-15-13)10-5-7-11(8-6-10)17(19)20;1-3-7(4-2)5(6)8/h5-9H,3-4H2,1-2H3;3-4H2,1-2H3. The Bertz CT molecular complexity index is 832. The summed E-state index contributed by atoms with van der Waals surface area (Å²) >= 11 is 5.13. The minimum Gasteiger partial charge on any atom is -0.388 e. The zero-order valence-electron chi connectivity index (χ0n) is 17.3. The van der Waals surface area contributed by atoms with Gasteiger partial charge >= 0.3 is 11.5 Å². The number of rotatable bonds is 7. The molecule has 10 nitrogen and oxygen atoms in total. The zero-order chi connectivity index (χ0) is 22.7. The molecule has 1 heterocycles. The number of carbonyl (C=O) groups excluding carboxylic acids is 2. The number of nitro groups is 1. The van der Waals surface area contributed by atoms with Crippen LogP contribution in [0.25, 0.3) is 11.3 Å². The molecule has 2 rings (SSSR count). The molecule has 164 valence electrons. The second-order valence-corrected chi connectivity index (χ2v) is 6.12. The molecule has 0 aliphatic carbocycles. The molecule has 0 aliphatic heterocycles. The van der Waals surface area contributed by atoms with E-state index in [1.54, 1.807) is 4.90 Å². The number of non-ortho nitro benzene ring substituents is 1. The Morgan fingerprint density at radius 3 is 2.00 bits per heavy atom. The maximum atomic E-state index is 11.8. The highest BCUT2D eigenvalue weighted by Crippen LogP contribution is 2.25. The van der Waals surface area contributed by atoms with Crippen molar-refractivity contribution in [2.45, 2.75) is 27.7 Å². The number of aromatic nitrogens is 1. The van der Waals surface area contributed by atoms with Gasteiger partial charge in [-0.25, -0.2) is 4.79 Å². The Morgan fingerprint density at radius 2 is 1.60 bits per heavy atom. The minimum atomic E-state index is -0.506. The largest absolute Gasteiger partial charge is 0.416 e. The van der Waals surface area contributed by atoms with Crippen molar-refractivity contribution >= 4 is 28.7 Å². The van der Waals surface area contributed by atoms with Crippen LogP contribution in [-0.4, -0.2) is 57.5 Å². The van der Waals surface area contributed by atoms with Gasteiger partial charge in [0.05, 0.1) is 11.0 Å². The lowest BCUT2D eigenvalue weighted by atomic mass is 10.1. The van der Waals surface area contributed by atoms with Gasteiger partial charge in [-0.1, -0.05) is 0 Å². The molecule has 1 aromatic heterocycles. The van der Waals surface area contributed by atoms with Crippen LogP contribution in [0.1, 0.15) is 27.7 Å². The number of ether oxygens (including phenoxy) is 1. The molecule has 0 fully saturated rings. The van der Waals surface area contributed by atoms with Crippen LogP contribution in [0.5, 0.6) is 5.88 Å². The van der Waals surface area contributed by atoms with Crippen LogP contribution in [0.2, 0.25) is 0 Å². The second-order valence-electron chi connectivity index (χ2n) is 5.80. The van der Waals surface area contributed by atoms with Crippen LogP contribution in [0.3, 0.4) is 0 Å². The van der Waals surface area contributed by atoms with Crippen molar-refractivity contribution in [3.8, 4) is 17.2 Å². The van der Waals surface area contributed by atoms with Crippen LogP contribution in [0.4, 0.5) is 15.3 Å². The molecular weight excluding hydrogens is 416 g/mol. The predicted octanol–water partition coefficient (Wildman–Crippen LogP) is 4.78. The van der Waals surface area contributed by atoms with Gasteiger partial charge in [0.2, 0.25) is 0 Å². The monoisotopic (exact) mass is 440 g/mol. The van der Waals surface area contributed by atoms with Crippen molar-refractivity contribution in [2.24, 2.45) is 0 Å². The second kappa shape index (κ2) is 12.4. The molecule has 2 amide bonds. The van der Waals surface area contributed by atoms with E-state index in [4.69, 9.17) is 20.9 Å². The lowest BCUT2D eigenvalue weighted by molar-refractivity contribution is -0.384. The SMILES string of the molecule is CCN(CC)C(=O)Cl.CCN(CC)C(=O)Oc1cc(-c2ccc([N+](=O)[O-])cc2)on1. The van der Waals surface area contributed by atoms with Crippen LogP contribution < -0.4 is 4.74 Å². The maximum absolute atomic E-state index is 11.8. The fourth-order valence-electron chi connectivity index (χ4n) is 2.30. The van der Waals surface area contributed by atoms with E-state index in [1.165, 1.54) is 35.2 Å². The number of carbonyl (C=O) groups is 2. The van der Waals surface area contributed by atoms with Crippen LogP contribution in [-0.2, 0) is 0 Å². The summed E-state index contributed by atoms with van der Waals surface area (Å²) in [6.07, 6.45) is -0.506. The number of nitro benzene ring substituents is 1. The van der Waals surface area contributed by atoms with Crippen LogP contribution in [0, 0.1) is 10.1 Å². The van der Waals surface area contributed by atoms with E-state index in [2.05, 4.69) is 5.16 Å². The van der Waals surface area contributed by atoms with Crippen LogP contribution >= 0.6 is 11.6 Å². The molecule has 0 unspecified atom stereocenters. The minimum absolute atomic E-state index is 0.0172. The third-order valence-corrected chi connectivity index (χ3v) is 4.32. The summed E-state index contributed by atoms with van der Waals surface area (Å²) < 4.78 is 10.2. The summed E-state index contributed by atoms with van der Waals surface area (Å²) in [5, 5.41) is 13.9. The zero-order valence-corrected chi connectivity index (χ0v) is 18.1. The van der Waals surface area contributed by atoms with Crippen molar-refractivity contribution in [3.05, 3.63) is 40.4 Å². The lowest BCUT2D eigenvalue weighted by Crippen LogP contribution is -2.33. The number of benzene rings is 1. The summed E-state index contributed by atoms with van der Waals surface area (Å²) in [5.41, 5.74) is 0.583. The first kappa shape index (κ1) is 24.9. The van der Waals surface area contributed by atoms with E-state index in [9.17, 15) is 19.7 Å². The number of nitrogens with zero attached hydrogens (tertiary/aromatic N) is 4. The summed E-state index contributed by atoms with van der Waals surface area (Å²) in [6.45, 7) is 9.92. The van der Waals surface area contributed by atoms with Crippen molar-refractivity contribution in [2.75, 3.05) is 26.2 Å². The van der Waals surface area contributed by atoms with E-state index in [0.29, 0.717) is 37.5 Å². The van der Waals surface area contributed by atoms with E-state index in [0.717, 1.165) is 0 Å². The first-order valence-electron chi connectivity index (χ1n) is 9.39.